The minimum atomic E-state index is -4.72. The zero-order chi connectivity index (χ0) is 16.2. The van der Waals surface area contributed by atoms with Crippen LogP contribution in [0.4, 0.5) is 24.5 Å². The Bertz CT molecular complexity index is 548. The Morgan fingerprint density at radius 1 is 1.57 bits per heavy atom. The number of carboxylic acids is 1. The van der Waals surface area contributed by atoms with E-state index in [4.69, 9.17) is 5.11 Å². The van der Waals surface area contributed by atoms with Gasteiger partial charge in [0.15, 0.2) is 0 Å². The maximum absolute atomic E-state index is 12.5. The van der Waals surface area contributed by atoms with Crippen molar-refractivity contribution in [2.75, 3.05) is 11.9 Å². The number of hydrogen-bond acceptors (Lipinski definition) is 5. The van der Waals surface area contributed by atoms with E-state index in [0.29, 0.717) is 12.3 Å². The molecule has 0 saturated heterocycles. The quantitative estimate of drug-likeness (QED) is 0.618. The Kier molecular flexibility index (Phi) is 5.06. The van der Waals surface area contributed by atoms with Crippen molar-refractivity contribution in [3.8, 4) is 0 Å². The third kappa shape index (κ3) is 4.58. The standard InChI is InChI=1S/C11H12F3N3O4/c1-6(10(18)19)2-3-15-7-4-9(11(12,13)14)16-5-8(7)17(20)21/h4-6H,2-3H2,1H3,(H,15,16)(H,18,19). The summed E-state index contributed by atoms with van der Waals surface area (Å²) in [5.74, 6) is -1.78. The predicted molar refractivity (Wildman–Crippen MR) is 65.8 cm³/mol. The number of halogens is 3. The lowest BCUT2D eigenvalue weighted by Crippen LogP contribution is -2.16. The molecule has 21 heavy (non-hydrogen) atoms. The first kappa shape index (κ1) is 16.7. The van der Waals surface area contributed by atoms with Gasteiger partial charge in [0.2, 0.25) is 0 Å². The molecule has 0 saturated carbocycles. The number of anilines is 1. The summed E-state index contributed by atoms with van der Waals surface area (Å²) >= 11 is 0. The van der Waals surface area contributed by atoms with Crippen molar-refractivity contribution in [3.63, 3.8) is 0 Å². The molecule has 0 fully saturated rings. The number of rotatable bonds is 6. The summed E-state index contributed by atoms with van der Waals surface area (Å²) < 4.78 is 37.6. The SMILES string of the molecule is CC(CCNc1cc(C(F)(F)F)ncc1[N+](=O)[O-])C(=O)O. The van der Waals surface area contributed by atoms with Gasteiger partial charge in [0, 0.05) is 6.54 Å². The predicted octanol–water partition coefficient (Wildman–Crippen LogP) is 2.53. The van der Waals surface area contributed by atoms with Crippen LogP contribution in [-0.2, 0) is 11.0 Å². The third-order valence-corrected chi connectivity index (χ3v) is 2.68. The molecule has 1 rings (SSSR count). The number of nitrogens with zero attached hydrogens (tertiary/aromatic N) is 2. The van der Waals surface area contributed by atoms with Crippen LogP contribution in [-0.4, -0.2) is 27.5 Å². The molecular weight excluding hydrogens is 295 g/mol. The Labute approximate surface area is 116 Å². The van der Waals surface area contributed by atoms with Crippen LogP contribution < -0.4 is 5.32 Å². The molecule has 0 bridgehead atoms. The van der Waals surface area contributed by atoms with Crippen molar-refractivity contribution >= 4 is 17.3 Å². The van der Waals surface area contributed by atoms with Gasteiger partial charge in [-0.3, -0.25) is 14.9 Å². The van der Waals surface area contributed by atoms with Crippen LogP contribution in [0.15, 0.2) is 12.3 Å². The van der Waals surface area contributed by atoms with Crippen molar-refractivity contribution in [2.45, 2.75) is 19.5 Å². The fourth-order valence-electron chi connectivity index (χ4n) is 1.44. The topological polar surface area (TPSA) is 105 Å². The minimum absolute atomic E-state index is 0.0182. The van der Waals surface area contributed by atoms with Crippen LogP contribution in [0.2, 0.25) is 0 Å². The van der Waals surface area contributed by atoms with Crippen LogP contribution in [0, 0.1) is 16.0 Å². The van der Waals surface area contributed by atoms with Crippen LogP contribution in [0.5, 0.6) is 0 Å². The van der Waals surface area contributed by atoms with Gasteiger partial charge in [0.25, 0.3) is 0 Å². The van der Waals surface area contributed by atoms with Crippen molar-refractivity contribution in [2.24, 2.45) is 5.92 Å². The zero-order valence-corrected chi connectivity index (χ0v) is 10.8. The summed E-state index contributed by atoms with van der Waals surface area (Å²) in [6.07, 6.45) is -4.10. The highest BCUT2D eigenvalue weighted by molar-refractivity contribution is 5.69. The molecular formula is C11H12F3N3O4. The highest BCUT2D eigenvalue weighted by atomic mass is 19.4. The molecule has 7 nitrogen and oxygen atoms in total. The molecule has 1 aromatic heterocycles. The second-order valence-corrected chi connectivity index (χ2v) is 4.30. The number of alkyl halides is 3. The lowest BCUT2D eigenvalue weighted by Gasteiger charge is -2.11. The second kappa shape index (κ2) is 6.37. The number of nitro groups is 1. The van der Waals surface area contributed by atoms with E-state index in [-0.39, 0.29) is 18.7 Å². The van der Waals surface area contributed by atoms with E-state index in [1.165, 1.54) is 6.92 Å². The normalized spacial score (nSPS) is 12.8. The van der Waals surface area contributed by atoms with E-state index in [0.717, 1.165) is 0 Å². The lowest BCUT2D eigenvalue weighted by atomic mass is 10.1. The third-order valence-electron chi connectivity index (χ3n) is 2.68. The molecule has 0 amide bonds. The van der Waals surface area contributed by atoms with E-state index in [1.54, 1.807) is 0 Å². The van der Waals surface area contributed by atoms with Gasteiger partial charge in [0.05, 0.1) is 10.8 Å². The van der Waals surface area contributed by atoms with Crippen LogP contribution in [0.25, 0.3) is 0 Å². The van der Waals surface area contributed by atoms with Crippen molar-refractivity contribution < 1.29 is 28.0 Å². The van der Waals surface area contributed by atoms with Gasteiger partial charge in [-0.1, -0.05) is 6.92 Å². The Balaban J connectivity index is 2.92. The van der Waals surface area contributed by atoms with Gasteiger partial charge in [-0.05, 0) is 12.5 Å². The number of carbonyl (C=O) groups is 1. The monoisotopic (exact) mass is 307 g/mol. The van der Waals surface area contributed by atoms with Crippen molar-refractivity contribution in [1.29, 1.82) is 0 Å². The minimum Gasteiger partial charge on any atom is -0.481 e. The first-order valence-corrected chi connectivity index (χ1v) is 5.81. The number of hydrogen-bond donors (Lipinski definition) is 2. The fraction of sp³-hybridized carbons (Fsp3) is 0.455. The van der Waals surface area contributed by atoms with Gasteiger partial charge in [0.1, 0.15) is 17.6 Å². The lowest BCUT2D eigenvalue weighted by molar-refractivity contribution is -0.384. The van der Waals surface area contributed by atoms with E-state index in [9.17, 15) is 28.1 Å². The highest BCUT2D eigenvalue weighted by Crippen LogP contribution is 2.32. The maximum atomic E-state index is 12.5. The smallest absolute Gasteiger partial charge is 0.433 e. The largest absolute Gasteiger partial charge is 0.481 e. The molecule has 0 aliphatic heterocycles. The summed E-state index contributed by atoms with van der Waals surface area (Å²) in [6, 6.07) is 0.531. The Morgan fingerprint density at radius 2 is 2.19 bits per heavy atom. The molecule has 0 aromatic carbocycles. The molecule has 0 radical (unpaired) electrons. The average Bonchev–Trinajstić information content (AvgIpc) is 2.36. The van der Waals surface area contributed by atoms with E-state index in [1.807, 2.05) is 0 Å². The first-order chi connectivity index (χ1) is 9.62. The molecule has 116 valence electrons. The molecule has 2 N–H and O–H groups in total. The molecule has 0 aliphatic carbocycles. The number of nitrogens with one attached hydrogen (secondary N) is 1. The molecule has 1 unspecified atom stereocenters. The molecule has 1 aromatic rings. The number of aliphatic carboxylic acids is 1. The van der Waals surface area contributed by atoms with Crippen LogP contribution >= 0.6 is 0 Å². The zero-order valence-electron chi connectivity index (χ0n) is 10.8. The van der Waals surface area contributed by atoms with Gasteiger partial charge in [-0.15, -0.1) is 0 Å². The summed E-state index contributed by atoms with van der Waals surface area (Å²) in [6.45, 7) is 1.40. The Morgan fingerprint density at radius 3 is 2.67 bits per heavy atom. The summed E-state index contributed by atoms with van der Waals surface area (Å²) in [4.78, 5) is 23.5. The summed E-state index contributed by atoms with van der Waals surface area (Å²) in [7, 11) is 0. The molecule has 1 heterocycles. The van der Waals surface area contributed by atoms with Crippen LogP contribution in [0.3, 0.4) is 0 Å². The summed E-state index contributed by atoms with van der Waals surface area (Å²) in [5, 5.41) is 21.9. The Hall–Kier alpha value is -2.39. The van der Waals surface area contributed by atoms with Gasteiger partial charge < -0.3 is 10.4 Å². The number of aromatic nitrogens is 1. The van der Waals surface area contributed by atoms with E-state index in [2.05, 4.69) is 10.3 Å². The van der Waals surface area contributed by atoms with E-state index < -0.39 is 34.4 Å². The van der Waals surface area contributed by atoms with Crippen molar-refractivity contribution in [3.05, 3.63) is 28.1 Å². The molecule has 1 atom stereocenters. The summed E-state index contributed by atoms with van der Waals surface area (Å²) in [5.41, 5.74) is -2.22. The van der Waals surface area contributed by atoms with Gasteiger partial charge in [-0.25, -0.2) is 4.98 Å². The second-order valence-electron chi connectivity index (χ2n) is 4.30. The van der Waals surface area contributed by atoms with E-state index >= 15 is 0 Å². The maximum Gasteiger partial charge on any atom is 0.433 e. The highest BCUT2D eigenvalue weighted by Gasteiger charge is 2.34. The number of carboxylic acid groups (broad SMARTS) is 1. The average molecular weight is 307 g/mol. The molecule has 10 heteroatoms. The van der Waals surface area contributed by atoms with Crippen molar-refractivity contribution in [1.82, 2.24) is 4.98 Å². The first-order valence-electron chi connectivity index (χ1n) is 5.81. The molecule has 0 aliphatic rings. The van der Waals surface area contributed by atoms with Crippen LogP contribution in [0.1, 0.15) is 19.0 Å². The fourth-order valence-corrected chi connectivity index (χ4v) is 1.44. The number of pyridine rings is 1. The molecule has 0 spiro atoms. The van der Waals surface area contributed by atoms with Gasteiger partial charge in [-0.2, -0.15) is 13.2 Å². The van der Waals surface area contributed by atoms with Gasteiger partial charge >= 0.3 is 17.8 Å².